The van der Waals surface area contributed by atoms with E-state index in [2.05, 4.69) is 27.6 Å². The molecule has 6 heteroatoms. The van der Waals surface area contributed by atoms with Crippen LogP contribution >= 0.6 is 11.6 Å². The van der Waals surface area contributed by atoms with Crippen LogP contribution in [0.1, 0.15) is 5.56 Å². The minimum absolute atomic E-state index is 0.251. The molecule has 0 unspecified atom stereocenters. The summed E-state index contributed by atoms with van der Waals surface area (Å²) in [6, 6.07) is 23.5. The quantitative estimate of drug-likeness (QED) is 0.350. The highest BCUT2D eigenvalue weighted by atomic mass is 35.5. The number of hydrazone groups is 1. The van der Waals surface area contributed by atoms with Crippen molar-refractivity contribution in [2.45, 2.75) is 0 Å². The summed E-state index contributed by atoms with van der Waals surface area (Å²) in [5, 5.41) is 6.01. The highest BCUT2D eigenvalue weighted by Crippen LogP contribution is 2.33. The van der Waals surface area contributed by atoms with Crippen LogP contribution in [-0.4, -0.2) is 18.0 Å². The third-order valence-corrected chi connectivity index (χ3v) is 4.88. The van der Waals surface area contributed by atoms with E-state index in [1.807, 2.05) is 60.7 Å². The van der Waals surface area contributed by atoms with Crippen LogP contribution in [0.15, 0.2) is 77.9 Å². The maximum absolute atomic E-state index is 6.22. The van der Waals surface area contributed by atoms with Gasteiger partial charge in [-0.05, 0) is 59.2 Å². The molecule has 0 radical (unpaired) electrons. The molecule has 0 saturated carbocycles. The molecule has 1 N–H and O–H groups in total. The third-order valence-electron chi connectivity index (χ3n) is 4.64. The van der Waals surface area contributed by atoms with Crippen LogP contribution in [0.3, 0.4) is 0 Å². The first kappa shape index (κ1) is 17.5. The Morgan fingerprint density at radius 3 is 2.69 bits per heavy atom. The fourth-order valence-corrected chi connectivity index (χ4v) is 3.45. The Morgan fingerprint density at radius 1 is 0.931 bits per heavy atom. The molecule has 0 fully saturated rings. The lowest BCUT2D eigenvalue weighted by Gasteiger charge is -2.10. The Balaban J connectivity index is 1.48. The van der Waals surface area contributed by atoms with Gasteiger partial charge in [-0.2, -0.15) is 5.10 Å². The predicted molar refractivity (Wildman–Crippen MR) is 116 cm³/mol. The summed E-state index contributed by atoms with van der Waals surface area (Å²) in [4.78, 5) is 4.66. The zero-order valence-corrected chi connectivity index (χ0v) is 16.1. The molecule has 0 atom stereocenters. The van der Waals surface area contributed by atoms with Crippen LogP contribution < -0.4 is 14.9 Å². The molecule has 0 amide bonds. The number of nitrogens with one attached hydrogen (secondary N) is 1. The van der Waals surface area contributed by atoms with Gasteiger partial charge in [0.15, 0.2) is 11.5 Å². The maximum Gasteiger partial charge on any atom is 0.231 e. The normalized spacial score (nSPS) is 12.6. The van der Waals surface area contributed by atoms with Gasteiger partial charge in [0.1, 0.15) is 5.82 Å². The molecule has 0 bridgehead atoms. The van der Waals surface area contributed by atoms with E-state index in [1.54, 1.807) is 6.21 Å². The summed E-state index contributed by atoms with van der Waals surface area (Å²) in [6.45, 7) is 0.251. The molecule has 0 saturated heterocycles. The second-order valence-electron chi connectivity index (χ2n) is 6.57. The molecule has 29 heavy (non-hydrogen) atoms. The fourth-order valence-electron chi connectivity index (χ4n) is 3.28. The van der Waals surface area contributed by atoms with E-state index in [0.717, 1.165) is 39.1 Å². The number of fused-ring (bicyclic) bond motifs is 2. The van der Waals surface area contributed by atoms with E-state index < -0.39 is 0 Å². The molecule has 5 nitrogen and oxygen atoms in total. The van der Waals surface area contributed by atoms with Crippen molar-refractivity contribution in [3.05, 3.63) is 83.4 Å². The molecule has 3 aromatic carbocycles. The van der Waals surface area contributed by atoms with Crippen molar-refractivity contribution in [2.24, 2.45) is 5.10 Å². The first-order valence-electron chi connectivity index (χ1n) is 9.11. The van der Waals surface area contributed by atoms with Gasteiger partial charge in [-0.15, -0.1) is 0 Å². The number of rotatable bonds is 4. The first-order valence-corrected chi connectivity index (χ1v) is 9.48. The second kappa shape index (κ2) is 7.45. The molecule has 2 heterocycles. The Bertz CT molecular complexity index is 1230. The molecule has 0 aliphatic carbocycles. The van der Waals surface area contributed by atoms with E-state index in [4.69, 9.17) is 21.1 Å². The van der Waals surface area contributed by atoms with E-state index in [-0.39, 0.29) is 6.79 Å². The summed E-state index contributed by atoms with van der Waals surface area (Å²) >= 11 is 6.22. The predicted octanol–water partition coefficient (Wildman–Crippen LogP) is 5.73. The molecule has 5 rings (SSSR count). The van der Waals surface area contributed by atoms with Crippen LogP contribution in [0.5, 0.6) is 11.5 Å². The lowest BCUT2D eigenvalue weighted by atomic mass is 10.0. The second-order valence-corrected chi connectivity index (χ2v) is 7.00. The molecule has 0 spiro atoms. The first-order chi connectivity index (χ1) is 14.3. The van der Waals surface area contributed by atoms with Crippen LogP contribution in [-0.2, 0) is 0 Å². The molecule has 1 aromatic heterocycles. The Kier molecular flexibility index (Phi) is 4.50. The molecule has 1 aliphatic rings. The van der Waals surface area contributed by atoms with Crippen molar-refractivity contribution in [1.82, 2.24) is 4.98 Å². The zero-order valence-electron chi connectivity index (χ0n) is 15.3. The van der Waals surface area contributed by atoms with Gasteiger partial charge < -0.3 is 9.47 Å². The van der Waals surface area contributed by atoms with E-state index >= 15 is 0 Å². The number of nitrogens with zero attached hydrogens (tertiary/aromatic N) is 2. The fraction of sp³-hybridized carbons (Fsp3) is 0.0435. The van der Waals surface area contributed by atoms with Crippen LogP contribution in [0.25, 0.3) is 22.0 Å². The monoisotopic (exact) mass is 401 g/mol. The number of hydrogen-bond donors (Lipinski definition) is 1. The summed E-state index contributed by atoms with van der Waals surface area (Å²) in [5.74, 6) is 2.12. The largest absolute Gasteiger partial charge is 0.454 e. The van der Waals surface area contributed by atoms with Crippen LogP contribution in [0.2, 0.25) is 5.02 Å². The molecular formula is C23H16ClN3O2. The van der Waals surface area contributed by atoms with E-state index in [1.165, 1.54) is 0 Å². The van der Waals surface area contributed by atoms with Crippen molar-refractivity contribution in [2.75, 3.05) is 12.2 Å². The van der Waals surface area contributed by atoms with E-state index in [0.29, 0.717) is 10.8 Å². The Hall–Kier alpha value is -3.57. The minimum atomic E-state index is 0.251. The third kappa shape index (κ3) is 3.60. The lowest BCUT2D eigenvalue weighted by molar-refractivity contribution is 0.174. The number of anilines is 1. The molecule has 142 valence electrons. The van der Waals surface area contributed by atoms with Gasteiger partial charge in [0.2, 0.25) is 6.79 Å². The number of benzene rings is 3. The standard InChI is InChI=1S/C23H16ClN3O2/c24-17-7-8-20-19(11-17)18(16-4-2-1-3-5-16)12-23(26-20)27-25-13-15-6-9-21-22(10-15)29-14-28-21/h1-13H,14H2,(H,26,27)/b25-13+. The molecule has 1 aliphatic heterocycles. The SMILES string of the molecule is Clc1ccc2nc(N/N=C/c3ccc4c(c3)OCO4)cc(-c3ccccc3)c2c1. The number of pyridine rings is 1. The highest BCUT2D eigenvalue weighted by molar-refractivity contribution is 6.31. The highest BCUT2D eigenvalue weighted by Gasteiger charge is 2.12. The van der Waals surface area contributed by atoms with Gasteiger partial charge in [0, 0.05) is 10.4 Å². The van der Waals surface area contributed by atoms with Gasteiger partial charge in [-0.25, -0.2) is 4.98 Å². The Labute approximate surface area is 172 Å². The number of halogens is 1. The summed E-state index contributed by atoms with van der Waals surface area (Å²) in [6.07, 6.45) is 1.72. The topological polar surface area (TPSA) is 55.7 Å². The number of hydrogen-bond acceptors (Lipinski definition) is 5. The summed E-state index contributed by atoms with van der Waals surface area (Å²) in [5.41, 5.74) is 6.90. The Morgan fingerprint density at radius 2 is 1.79 bits per heavy atom. The van der Waals surface area contributed by atoms with Gasteiger partial charge in [-0.3, -0.25) is 5.43 Å². The summed E-state index contributed by atoms with van der Waals surface area (Å²) < 4.78 is 10.7. The number of aromatic nitrogens is 1. The average molecular weight is 402 g/mol. The van der Waals surface area contributed by atoms with Crippen LogP contribution in [0, 0.1) is 0 Å². The van der Waals surface area contributed by atoms with Gasteiger partial charge in [0.05, 0.1) is 11.7 Å². The summed E-state index contributed by atoms with van der Waals surface area (Å²) in [7, 11) is 0. The maximum atomic E-state index is 6.22. The van der Waals surface area contributed by atoms with Crippen molar-refractivity contribution >= 4 is 34.5 Å². The average Bonchev–Trinajstić information content (AvgIpc) is 3.22. The van der Waals surface area contributed by atoms with Crippen molar-refractivity contribution in [3.63, 3.8) is 0 Å². The molecule has 4 aromatic rings. The lowest BCUT2D eigenvalue weighted by Crippen LogP contribution is -1.96. The van der Waals surface area contributed by atoms with Crippen molar-refractivity contribution in [3.8, 4) is 22.6 Å². The minimum Gasteiger partial charge on any atom is -0.454 e. The van der Waals surface area contributed by atoms with Crippen molar-refractivity contribution < 1.29 is 9.47 Å². The zero-order chi connectivity index (χ0) is 19.6. The molecular weight excluding hydrogens is 386 g/mol. The van der Waals surface area contributed by atoms with Gasteiger partial charge in [-0.1, -0.05) is 41.9 Å². The van der Waals surface area contributed by atoms with Crippen molar-refractivity contribution in [1.29, 1.82) is 0 Å². The van der Waals surface area contributed by atoms with Gasteiger partial charge in [0.25, 0.3) is 0 Å². The van der Waals surface area contributed by atoms with Gasteiger partial charge >= 0.3 is 0 Å². The number of ether oxygens (including phenoxy) is 2. The van der Waals surface area contributed by atoms with E-state index in [9.17, 15) is 0 Å². The van der Waals surface area contributed by atoms with Crippen LogP contribution in [0.4, 0.5) is 5.82 Å². The smallest absolute Gasteiger partial charge is 0.231 e.